The molecular formula is C28H27F3. The zero-order valence-electron chi connectivity index (χ0n) is 17.8. The molecule has 4 rings (SSSR count). The highest BCUT2D eigenvalue weighted by Gasteiger charge is 2.22. The quantitative estimate of drug-likeness (QED) is 0.363. The molecule has 1 aliphatic carbocycles. The molecule has 3 aromatic rings. The van der Waals surface area contributed by atoms with Crippen molar-refractivity contribution in [2.45, 2.75) is 44.9 Å². The van der Waals surface area contributed by atoms with Gasteiger partial charge in [0.2, 0.25) is 0 Å². The van der Waals surface area contributed by atoms with E-state index in [1.807, 2.05) is 24.3 Å². The van der Waals surface area contributed by atoms with E-state index >= 15 is 0 Å². The number of benzene rings is 3. The van der Waals surface area contributed by atoms with Crippen LogP contribution in [0.1, 0.15) is 49.7 Å². The number of rotatable bonds is 5. The number of hydrogen-bond donors (Lipinski definition) is 0. The van der Waals surface area contributed by atoms with E-state index in [9.17, 15) is 13.2 Å². The minimum atomic E-state index is -0.857. The predicted molar refractivity (Wildman–Crippen MR) is 121 cm³/mol. The van der Waals surface area contributed by atoms with Gasteiger partial charge in [0.15, 0.2) is 11.6 Å². The van der Waals surface area contributed by atoms with Crippen LogP contribution < -0.4 is 0 Å². The first kappa shape index (κ1) is 21.4. The Morgan fingerprint density at radius 3 is 2.10 bits per heavy atom. The van der Waals surface area contributed by atoms with Crippen LogP contribution in [0.4, 0.5) is 13.2 Å². The molecule has 1 aliphatic rings. The molecule has 1 fully saturated rings. The van der Waals surface area contributed by atoms with Gasteiger partial charge in [0.25, 0.3) is 0 Å². The van der Waals surface area contributed by atoms with Gasteiger partial charge in [0.1, 0.15) is 5.82 Å². The Hall–Kier alpha value is -2.81. The van der Waals surface area contributed by atoms with Gasteiger partial charge >= 0.3 is 0 Å². The van der Waals surface area contributed by atoms with Crippen LogP contribution >= 0.6 is 0 Å². The molecule has 0 aromatic heterocycles. The maximum Gasteiger partial charge on any atom is 0.166 e. The second kappa shape index (κ2) is 9.13. The van der Waals surface area contributed by atoms with Crippen LogP contribution in [0.2, 0.25) is 0 Å². The summed E-state index contributed by atoms with van der Waals surface area (Å²) >= 11 is 0. The summed E-state index contributed by atoms with van der Waals surface area (Å²) in [5.74, 6) is -0.823. The van der Waals surface area contributed by atoms with E-state index in [1.54, 1.807) is 36.4 Å². The third kappa shape index (κ3) is 4.46. The molecule has 0 bridgehead atoms. The fourth-order valence-corrected chi connectivity index (χ4v) is 4.58. The lowest BCUT2D eigenvalue weighted by Gasteiger charge is -2.26. The molecule has 1 saturated carbocycles. The minimum absolute atomic E-state index is 0.160. The lowest BCUT2D eigenvalue weighted by Crippen LogP contribution is -2.12. The van der Waals surface area contributed by atoms with E-state index in [2.05, 4.69) is 13.5 Å². The van der Waals surface area contributed by atoms with Crippen LogP contribution in [0.5, 0.6) is 0 Å². The Morgan fingerprint density at radius 2 is 1.45 bits per heavy atom. The van der Waals surface area contributed by atoms with Crippen LogP contribution in [0.15, 0.2) is 67.3 Å². The summed E-state index contributed by atoms with van der Waals surface area (Å²) in [6.45, 7) is 5.83. The summed E-state index contributed by atoms with van der Waals surface area (Å²) in [6, 6.07) is 15.8. The first-order chi connectivity index (χ1) is 15.0. The molecule has 0 spiro atoms. The highest BCUT2D eigenvalue weighted by atomic mass is 19.2. The van der Waals surface area contributed by atoms with Gasteiger partial charge in [-0.3, -0.25) is 0 Å². The molecule has 0 amide bonds. The Kier molecular flexibility index (Phi) is 6.31. The van der Waals surface area contributed by atoms with Crippen molar-refractivity contribution in [1.29, 1.82) is 0 Å². The Labute approximate surface area is 182 Å². The Balaban J connectivity index is 1.57. The Bertz CT molecular complexity index is 1070. The van der Waals surface area contributed by atoms with Crippen molar-refractivity contribution >= 4 is 0 Å². The van der Waals surface area contributed by atoms with Crippen LogP contribution in [0, 0.1) is 23.4 Å². The average molecular weight is 421 g/mol. The molecule has 0 radical (unpaired) electrons. The van der Waals surface area contributed by atoms with Crippen LogP contribution in [0.3, 0.4) is 0 Å². The van der Waals surface area contributed by atoms with Gasteiger partial charge in [-0.2, -0.15) is 0 Å². The van der Waals surface area contributed by atoms with E-state index in [1.165, 1.54) is 0 Å². The smallest absolute Gasteiger partial charge is 0.166 e. The fourth-order valence-electron chi connectivity index (χ4n) is 4.58. The van der Waals surface area contributed by atoms with E-state index < -0.39 is 11.6 Å². The summed E-state index contributed by atoms with van der Waals surface area (Å²) in [7, 11) is 0. The normalized spacial score (nSPS) is 18.7. The second-order valence-electron chi connectivity index (χ2n) is 8.66. The van der Waals surface area contributed by atoms with Crippen molar-refractivity contribution in [3.8, 4) is 22.3 Å². The van der Waals surface area contributed by atoms with Gasteiger partial charge in [0.05, 0.1) is 0 Å². The van der Waals surface area contributed by atoms with Crippen molar-refractivity contribution < 1.29 is 13.2 Å². The SMILES string of the molecule is C=CCc1ccc(-c2ccc(-c3ccc(C4CCC(C)CC4)c(F)c3)cc2)c(F)c1F. The summed E-state index contributed by atoms with van der Waals surface area (Å²) < 4.78 is 43.7. The highest BCUT2D eigenvalue weighted by Crippen LogP contribution is 2.38. The van der Waals surface area contributed by atoms with E-state index in [-0.39, 0.29) is 23.4 Å². The lowest BCUT2D eigenvalue weighted by atomic mass is 9.79. The molecule has 31 heavy (non-hydrogen) atoms. The van der Waals surface area contributed by atoms with Gasteiger partial charge in [-0.1, -0.05) is 74.4 Å². The molecule has 0 atom stereocenters. The summed E-state index contributed by atoms with van der Waals surface area (Å²) in [5.41, 5.74) is 3.52. The maximum absolute atomic E-state index is 14.9. The number of hydrogen-bond acceptors (Lipinski definition) is 0. The molecule has 0 unspecified atom stereocenters. The molecule has 0 aliphatic heterocycles. The predicted octanol–water partition coefficient (Wildman–Crippen LogP) is 8.46. The van der Waals surface area contributed by atoms with Crippen LogP contribution in [0.25, 0.3) is 22.3 Å². The van der Waals surface area contributed by atoms with Gasteiger partial charge in [-0.25, -0.2) is 13.2 Å². The third-order valence-corrected chi connectivity index (χ3v) is 6.51. The standard InChI is InChI=1S/C28H27F3/c1-3-4-22-13-16-25(28(31)27(22)30)21-11-9-19(10-12-21)23-14-15-24(26(29)17-23)20-7-5-18(2)6-8-20/h3,9-18,20H,1,4-8H2,2H3. The van der Waals surface area contributed by atoms with Gasteiger partial charge < -0.3 is 0 Å². The van der Waals surface area contributed by atoms with Gasteiger partial charge in [0, 0.05) is 5.56 Å². The summed E-state index contributed by atoms with van der Waals surface area (Å²) in [4.78, 5) is 0. The van der Waals surface area contributed by atoms with Crippen molar-refractivity contribution in [3.05, 3.63) is 95.8 Å². The Morgan fingerprint density at radius 1 is 0.806 bits per heavy atom. The lowest BCUT2D eigenvalue weighted by molar-refractivity contribution is 0.342. The van der Waals surface area contributed by atoms with E-state index in [0.29, 0.717) is 11.5 Å². The molecule has 3 heteroatoms. The van der Waals surface area contributed by atoms with Crippen molar-refractivity contribution in [2.24, 2.45) is 5.92 Å². The number of allylic oxidation sites excluding steroid dienone is 1. The molecule has 3 aromatic carbocycles. The first-order valence-corrected chi connectivity index (χ1v) is 11.0. The van der Waals surface area contributed by atoms with Crippen molar-refractivity contribution in [2.75, 3.05) is 0 Å². The zero-order chi connectivity index (χ0) is 22.0. The zero-order valence-corrected chi connectivity index (χ0v) is 17.8. The monoisotopic (exact) mass is 420 g/mol. The first-order valence-electron chi connectivity index (χ1n) is 11.0. The third-order valence-electron chi connectivity index (χ3n) is 6.51. The molecule has 0 heterocycles. The molecule has 0 nitrogen and oxygen atoms in total. The summed E-state index contributed by atoms with van der Waals surface area (Å²) in [5, 5.41) is 0. The van der Waals surface area contributed by atoms with Crippen molar-refractivity contribution in [3.63, 3.8) is 0 Å². The second-order valence-corrected chi connectivity index (χ2v) is 8.66. The maximum atomic E-state index is 14.9. The van der Waals surface area contributed by atoms with Crippen LogP contribution in [-0.2, 0) is 6.42 Å². The molecule has 160 valence electrons. The topological polar surface area (TPSA) is 0 Å². The fraction of sp³-hybridized carbons (Fsp3) is 0.286. The number of halogens is 3. The molecular weight excluding hydrogens is 393 g/mol. The van der Waals surface area contributed by atoms with E-state index in [4.69, 9.17) is 0 Å². The highest BCUT2D eigenvalue weighted by molar-refractivity contribution is 5.71. The average Bonchev–Trinajstić information content (AvgIpc) is 2.78. The van der Waals surface area contributed by atoms with E-state index in [0.717, 1.165) is 48.3 Å². The minimum Gasteiger partial charge on any atom is -0.207 e. The largest absolute Gasteiger partial charge is 0.207 e. The van der Waals surface area contributed by atoms with Gasteiger partial charge in [-0.05, 0) is 65.0 Å². The van der Waals surface area contributed by atoms with Crippen LogP contribution in [-0.4, -0.2) is 0 Å². The molecule has 0 N–H and O–H groups in total. The van der Waals surface area contributed by atoms with Gasteiger partial charge in [-0.15, -0.1) is 6.58 Å². The molecule has 0 saturated heterocycles. The van der Waals surface area contributed by atoms with Crippen molar-refractivity contribution in [1.82, 2.24) is 0 Å². The summed E-state index contributed by atoms with van der Waals surface area (Å²) in [6.07, 6.45) is 6.21.